The lowest BCUT2D eigenvalue weighted by Crippen LogP contribution is -2.44. The Morgan fingerprint density at radius 2 is 1.77 bits per heavy atom. The number of carbonyl (C=O) groups is 2. The van der Waals surface area contributed by atoms with Crippen LogP contribution in [-0.2, 0) is 9.53 Å². The van der Waals surface area contributed by atoms with Crippen molar-refractivity contribution in [3.05, 3.63) is 77.5 Å². The third kappa shape index (κ3) is 6.25. The number of nitrogens with zero attached hydrogens (tertiary/aromatic N) is 2. The summed E-state index contributed by atoms with van der Waals surface area (Å²) in [5.74, 6) is -4.69. The number of ether oxygens (including phenoxy) is 4. The first-order chi connectivity index (χ1) is 19.2. The summed E-state index contributed by atoms with van der Waals surface area (Å²) in [6, 6.07) is 8.42. The van der Waals surface area contributed by atoms with E-state index in [0.717, 1.165) is 24.3 Å². The molecule has 0 radical (unpaired) electrons. The summed E-state index contributed by atoms with van der Waals surface area (Å²) in [7, 11) is 2.74. The molecule has 1 saturated heterocycles. The van der Waals surface area contributed by atoms with Gasteiger partial charge in [0.05, 0.1) is 13.7 Å². The number of alkyl halides is 2. The number of carbonyl (C=O) groups excluding carboxylic acids is 2. The standard InChI is InChI=1S/C27H25F4N3O6/c1-37-10-11-39-25-21(4-3-9-32-25)34-14-18(22-19(28)12-17(38-2)13-20(22)29)23(26(34)36)33-24(35)15-5-7-16(8-6-15)40-27(30)31/h3-9,12-13,18,23,27H,10-11,14H2,1-2H3,(H,33,35)/t18-,23-/m0/s1. The highest BCUT2D eigenvalue weighted by Crippen LogP contribution is 2.38. The number of aromatic nitrogens is 1. The SMILES string of the molecule is COCCOc1ncccc1N1C[C@@H](c2c(F)cc(OC)cc2F)[C@H](NC(=O)c2ccc(OC(F)F)cc2)C1=O. The first-order valence-corrected chi connectivity index (χ1v) is 12.0. The van der Waals surface area contributed by atoms with Crippen molar-refractivity contribution < 1.29 is 46.1 Å². The van der Waals surface area contributed by atoms with Gasteiger partial charge in [-0.25, -0.2) is 13.8 Å². The molecule has 0 spiro atoms. The number of pyridine rings is 1. The molecule has 1 fully saturated rings. The predicted molar refractivity (Wildman–Crippen MR) is 134 cm³/mol. The van der Waals surface area contributed by atoms with Crippen LogP contribution in [0.25, 0.3) is 0 Å². The molecule has 0 unspecified atom stereocenters. The van der Waals surface area contributed by atoms with Crippen LogP contribution in [0.5, 0.6) is 17.4 Å². The molecule has 212 valence electrons. The van der Waals surface area contributed by atoms with Gasteiger partial charge in [-0.05, 0) is 36.4 Å². The fraction of sp³-hybridized carbons (Fsp3) is 0.296. The van der Waals surface area contributed by atoms with E-state index in [1.807, 2.05) is 0 Å². The number of benzene rings is 2. The highest BCUT2D eigenvalue weighted by molar-refractivity contribution is 6.05. The minimum absolute atomic E-state index is 0.00672. The van der Waals surface area contributed by atoms with E-state index in [1.165, 1.54) is 37.4 Å². The molecule has 1 N–H and O–H groups in total. The van der Waals surface area contributed by atoms with Gasteiger partial charge in [-0.3, -0.25) is 9.59 Å². The van der Waals surface area contributed by atoms with Gasteiger partial charge in [-0.15, -0.1) is 0 Å². The third-order valence-corrected chi connectivity index (χ3v) is 6.17. The van der Waals surface area contributed by atoms with Crippen LogP contribution in [0, 0.1) is 11.6 Å². The number of nitrogens with one attached hydrogen (secondary N) is 1. The van der Waals surface area contributed by atoms with Crippen LogP contribution in [0.3, 0.4) is 0 Å². The Morgan fingerprint density at radius 3 is 2.40 bits per heavy atom. The number of halogens is 4. The van der Waals surface area contributed by atoms with Gasteiger partial charge in [0.25, 0.3) is 5.91 Å². The summed E-state index contributed by atoms with van der Waals surface area (Å²) >= 11 is 0. The Balaban J connectivity index is 1.69. The van der Waals surface area contributed by atoms with Crippen LogP contribution in [0.1, 0.15) is 21.8 Å². The Hall–Kier alpha value is -4.39. The van der Waals surface area contributed by atoms with Crippen molar-refractivity contribution in [2.24, 2.45) is 0 Å². The zero-order valence-electron chi connectivity index (χ0n) is 21.4. The van der Waals surface area contributed by atoms with Crippen LogP contribution < -0.4 is 24.4 Å². The van der Waals surface area contributed by atoms with Crippen molar-refractivity contribution >= 4 is 17.5 Å². The van der Waals surface area contributed by atoms with Gasteiger partial charge in [0.2, 0.25) is 11.8 Å². The number of anilines is 1. The van der Waals surface area contributed by atoms with E-state index in [4.69, 9.17) is 14.2 Å². The Kier molecular flexibility index (Phi) is 9.04. The molecule has 9 nitrogen and oxygen atoms in total. The molecule has 13 heteroatoms. The molecule has 0 bridgehead atoms. The minimum Gasteiger partial charge on any atom is -0.497 e. The maximum Gasteiger partial charge on any atom is 0.387 e. The summed E-state index contributed by atoms with van der Waals surface area (Å²) in [4.78, 5) is 32.2. The Morgan fingerprint density at radius 1 is 1.07 bits per heavy atom. The van der Waals surface area contributed by atoms with Gasteiger partial charge in [0, 0.05) is 49.0 Å². The predicted octanol–water partition coefficient (Wildman–Crippen LogP) is 3.92. The third-order valence-electron chi connectivity index (χ3n) is 6.17. The summed E-state index contributed by atoms with van der Waals surface area (Å²) in [5.41, 5.74) is -0.186. The van der Waals surface area contributed by atoms with Crippen LogP contribution in [0.4, 0.5) is 23.2 Å². The summed E-state index contributed by atoms with van der Waals surface area (Å²) in [6.07, 6.45) is 1.45. The lowest BCUT2D eigenvalue weighted by atomic mass is 9.92. The minimum atomic E-state index is -3.05. The van der Waals surface area contributed by atoms with Crippen LogP contribution in [-0.4, -0.2) is 63.4 Å². The highest BCUT2D eigenvalue weighted by Gasteiger charge is 2.46. The van der Waals surface area contributed by atoms with Crippen LogP contribution >= 0.6 is 0 Å². The molecule has 2 amide bonds. The van der Waals surface area contributed by atoms with E-state index in [1.54, 1.807) is 12.1 Å². The lowest BCUT2D eigenvalue weighted by Gasteiger charge is -2.20. The maximum absolute atomic E-state index is 15.2. The largest absolute Gasteiger partial charge is 0.497 e. The van der Waals surface area contributed by atoms with Crippen molar-refractivity contribution in [3.63, 3.8) is 0 Å². The van der Waals surface area contributed by atoms with Crippen molar-refractivity contribution in [1.82, 2.24) is 10.3 Å². The summed E-state index contributed by atoms with van der Waals surface area (Å²) in [6.45, 7) is -2.90. The number of hydrogen-bond acceptors (Lipinski definition) is 7. The molecule has 40 heavy (non-hydrogen) atoms. The van der Waals surface area contributed by atoms with Gasteiger partial charge in [0.15, 0.2) is 0 Å². The Bertz CT molecular complexity index is 1340. The van der Waals surface area contributed by atoms with Gasteiger partial charge < -0.3 is 29.2 Å². The number of methoxy groups -OCH3 is 2. The molecular formula is C27H25F4N3O6. The van der Waals surface area contributed by atoms with Gasteiger partial charge >= 0.3 is 6.61 Å². The van der Waals surface area contributed by atoms with Crippen molar-refractivity contribution in [2.75, 3.05) is 38.9 Å². The smallest absolute Gasteiger partial charge is 0.387 e. The molecule has 2 heterocycles. The zero-order valence-corrected chi connectivity index (χ0v) is 21.4. The average molecular weight is 564 g/mol. The molecule has 2 aromatic carbocycles. The second kappa shape index (κ2) is 12.6. The molecule has 1 aliphatic rings. The Labute approximate surface area is 226 Å². The molecule has 0 aliphatic carbocycles. The molecular weight excluding hydrogens is 538 g/mol. The quantitative estimate of drug-likeness (QED) is 0.279. The van der Waals surface area contributed by atoms with Gasteiger partial charge in [0.1, 0.15) is 41.5 Å². The molecule has 0 saturated carbocycles. The van der Waals surface area contributed by atoms with E-state index >= 15 is 8.78 Å². The summed E-state index contributed by atoms with van der Waals surface area (Å²) < 4.78 is 75.1. The average Bonchev–Trinajstić information content (AvgIpc) is 3.23. The van der Waals surface area contributed by atoms with Gasteiger partial charge in [-0.1, -0.05) is 0 Å². The van der Waals surface area contributed by atoms with E-state index < -0.39 is 47.6 Å². The van der Waals surface area contributed by atoms with E-state index in [2.05, 4.69) is 15.0 Å². The van der Waals surface area contributed by atoms with Crippen molar-refractivity contribution in [1.29, 1.82) is 0 Å². The normalized spacial score (nSPS) is 16.8. The van der Waals surface area contributed by atoms with Crippen molar-refractivity contribution in [3.8, 4) is 17.4 Å². The van der Waals surface area contributed by atoms with Crippen LogP contribution in [0.15, 0.2) is 54.7 Å². The number of amides is 2. The molecule has 3 aromatic rings. The first kappa shape index (κ1) is 28.6. The van der Waals surface area contributed by atoms with Gasteiger partial charge in [-0.2, -0.15) is 8.78 Å². The van der Waals surface area contributed by atoms with Crippen LogP contribution in [0.2, 0.25) is 0 Å². The second-order valence-corrected chi connectivity index (χ2v) is 8.58. The number of rotatable bonds is 11. The monoisotopic (exact) mass is 563 g/mol. The van der Waals surface area contributed by atoms with Crippen molar-refractivity contribution in [2.45, 2.75) is 18.6 Å². The molecule has 1 aromatic heterocycles. The molecule has 2 atom stereocenters. The zero-order chi connectivity index (χ0) is 28.8. The molecule has 1 aliphatic heterocycles. The fourth-order valence-electron chi connectivity index (χ4n) is 4.34. The number of hydrogen-bond donors (Lipinski definition) is 1. The molecule has 4 rings (SSSR count). The van der Waals surface area contributed by atoms with E-state index in [-0.39, 0.29) is 48.4 Å². The second-order valence-electron chi connectivity index (χ2n) is 8.58. The maximum atomic E-state index is 15.2. The lowest BCUT2D eigenvalue weighted by molar-refractivity contribution is -0.118. The summed E-state index contributed by atoms with van der Waals surface area (Å²) in [5, 5.41) is 2.54. The highest BCUT2D eigenvalue weighted by atomic mass is 19.3. The topological polar surface area (TPSA) is 99.2 Å². The van der Waals surface area contributed by atoms with E-state index in [0.29, 0.717) is 0 Å². The van der Waals surface area contributed by atoms with E-state index in [9.17, 15) is 18.4 Å². The fourth-order valence-corrected chi connectivity index (χ4v) is 4.34. The first-order valence-electron chi connectivity index (χ1n) is 12.0.